The van der Waals surface area contributed by atoms with Gasteiger partial charge in [-0.05, 0) is 115 Å². The number of fused-ring (bicyclic) bond motifs is 9. The lowest BCUT2D eigenvalue weighted by atomic mass is 9.80. The lowest BCUT2D eigenvalue weighted by Crippen LogP contribution is -2.21. The monoisotopic (exact) mass is 693 g/mol. The number of nitrogens with zero attached hydrogens (tertiary/aromatic N) is 1. The van der Waals surface area contributed by atoms with E-state index in [0.717, 1.165) is 5.69 Å². The van der Waals surface area contributed by atoms with Crippen molar-refractivity contribution in [1.29, 1.82) is 0 Å². The Labute approximate surface area is 313 Å². The highest BCUT2D eigenvalue weighted by atomic mass is 32.1. The van der Waals surface area contributed by atoms with Crippen LogP contribution >= 0.6 is 11.3 Å². The molecule has 0 saturated carbocycles. The zero-order valence-electron chi connectivity index (χ0n) is 29.6. The average Bonchev–Trinajstić information content (AvgIpc) is 3.68. The molecule has 1 aliphatic rings. The third-order valence-corrected chi connectivity index (χ3v) is 12.7. The van der Waals surface area contributed by atoms with Gasteiger partial charge in [0.1, 0.15) is 0 Å². The maximum atomic E-state index is 2.56. The molecular formula is C51H35NS. The lowest BCUT2D eigenvalue weighted by molar-refractivity contribution is 0.661. The van der Waals surface area contributed by atoms with Crippen molar-refractivity contribution in [2.45, 2.75) is 19.3 Å². The van der Waals surface area contributed by atoms with E-state index in [-0.39, 0.29) is 5.41 Å². The molecule has 0 aliphatic heterocycles. The Morgan fingerprint density at radius 1 is 0.434 bits per heavy atom. The third-order valence-electron chi connectivity index (χ3n) is 11.6. The molecule has 1 aliphatic carbocycles. The summed E-state index contributed by atoms with van der Waals surface area (Å²) in [5, 5.41) is 10.1. The minimum atomic E-state index is -0.233. The smallest absolute Gasteiger partial charge is 0.0546 e. The van der Waals surface area contributed by atoms with E-state index in [1.807, 2.05) is 11.3 Å². The minimum absolute atomic E-state index is 0.233. The van der Waals surface area contributed by atoms with E-state index in [9.17, 15) is 0 Å². The second-order valence-electron chi connectivity index (χ2n) is 14.9. The maximum absolute atomic E-state index is 2.56. The molecule has 9 aromatic carbocycles. The van der Waals surface area contributed by atoms with Crippen LogP contribution in [0.15, 0.2) is 176 Å². The third kappa shape index (κ3) is 4.56. The van der Waals surface area contributed by atoms with Gasteiger partial charge in [-0.1, -0.05) is 135 Å². The van der Waals surface area contributed by atoms with Gasteiger partial charge in [0.05, 0.1) is 11.4 Å². The van der Waals surface area contributed by atoms with E-state index < -0.39 is 0 Å². The van der Waals surface area contributed by atoms with Gasteiger partial charge in [0.2, 0.25) is 0 Å². The van der Waals surface area contributed by atoms with Crippen molar-refractivity contribution >= 4 is 80.9 Å². The highest BCUT2D eigenvalue weighted by Crippen LogP contribution is 2.56. The molecule has 0 unspecified atom stereocenters. The summed E-state index contributed by atoms with van der Waals surface area (Å²) in [5.41, 5.74) is 11.1. The van der Waals surface area contributed by atoms with Crippen LogP contribution in [-0.4, -0.2) is 0 Å². The molecule has 250 valence electrons. The summed E-state index contributed by atoms with van der Waals surface area (Å²) in [7, 11) is 0. The van der Waals surface area contributed by atoms with Gasteiger partial charge in [-0.2, -0.15) is 0 Å². The Balaban J connectivity index is 1.24. The van der Waals surface area contributed by atoms with Crippen molar-refractivity contribution < 1.29 is 0 Å². The summed E-state index contributed by atoms with van der Waals surface area (Å²) in [5.74, 6) is 0. The molecule has 2 heteroatoms. The first-order chi connectivity index (χ1) is 26.0. The first-order valence-corrected chi connectivity index (χ1v) is 19.2. The van der Waals surface area contributed by atoms with Crippen LogP contribution in [0.3, 0.4) is 0 Å². The molecule has 0 amide bonds. The number of hydrogen-bond donors (Lipinski definition) is 0. The molecule has 1 aromatic heterocycles. The van der Waals surface area contributed by atoms with Crippen molar-refractivity contribution in [3.8, 4) is 22.3 Å². The van der Waals surface area contributed by atoms with E-state index in [2.05, 4.69) is 195 Å². The van der Waals surface area contributed by atoms with Gasteiger partial charge in [0.25, 0.3) is 0 Å². The van der Waals surface area contributed by atoms with Gasteiger partial charge in [-0.15, -0.1) is 11.3 Å². The highest BCUT2D eigenvalue weighted by molar-refractivity contribution is 7.25. The largest absolute Gasteiger partial charge is 0.309 e. The van der Waals surface area contributed by atoms with Crippen molar-refractivity contribution in [3.63, 3.8) is 0 Å². The predicted molar refractivity (Wildman–Crippen MR) is 230 cm³/mol. The van der Waals surface area contributed by atoms with Crippen LogP contribution in [0.5, 0.6) is 0 Å². The number of rotatable bonds is 4. The molecule has 10 aromatic rings. The second kappa shape index (κ2) is 11.4. The Bertz CT molecular complexity index is 3110. The average molecular weight is 694 g/mol. The summed E-state index contributed by atoms with van der Waals surface area (Å²) >= 11 is 1.87. The molecule has 0 fully saturated rings. The standard InChI is InChI=1S/C51H35NS/c1-51(2)44-30-36-16-6-5-15-35(36)29-42(44)41-19-11-20-46(50(41)51)52(38-25-27-48-43(31-38)40-18-9-10-21-47(40)53-48)45-26-24-33-13-7-8-17-39(33)49(45)37-23-22-32-12-3-4-14-34(32)28-37/h3-31H,1-2H3. The topological polar surface area (TPSA) is 3.24 Å². The number of hydrogen-bond acceptors (Lipinski definition) is 2. The minimum Gasteiger partial charge on any atom is -0.309 e. The molecule has 0 bridgehead atoms. The first-order valence-electron chi connectivity index (χ1n) is 18.4. The van der Waals surface area contributed by atoms with Crippen molar-refractivity contribution in [3.05, 3.63) is 187 Å². The Kier molecular flexibility index (Phi) is 6.53. The van der Waals surface area contributed by atoms with Gasteiger partial charge in [-0.3, -0.25) is 0 Å². The molecule has 0 atom stereocenters. The van der Waals surface area contributed by atoms with Crippen molar-refractivity contribution in [2.24, 2.45) is 0 Å². The van der Waals surface area contributed by atoms with Gasteiger partial charge >= 0.3 is 0 Å². The fourth-order valence-corrected chi connectivity index (χ4v) is 10.2. The number of thiophene rings is 1. The fourth-order valence-electron chi connectivity index (χ4n) is 9.08. The summed E-state index contributed by atoms with van der Waals surface area (Å²) in [4.78, 5) is 2.56. The van der Waals surface area contributed by atoms with Crippen LogP contribution < -0.4 is 4.90 Å². The summed E-state index contributed by atoms with van der Waals surface area (Å²) in [6.45, 7) is 4.82. The molecule has 1 heterocycles. The van der Waals surface area contributed by atoms with Crippen LogP contribution in [0.2, 0.25) is 0 Å². The molecule has 1 nitrogen and oxygen atoms in total. The van der Waals surface area contributed by atoms with E-state index in [4.69, 9.17) is 0 Å². The fraction of sp³-hybridized carbons (Fsp3) is 0.0588. The quantitative estimate of drug-likeness (QED) is 0.177. The summed E-state index contributed by atoms with van der Waals surface area (Å²) in [6, 6.07) is 65.6. The van der Waals surface area contributed by atoms with Crippen LogP contribution in [-0.2, 0) is 5.41 Å². The van der Waals surface area contributed by atoms with Gasteiger partial charge in [-0.25, -0.2) is 0 Å². The number of benzene rings is 9. The highest BCUT2D eigenvalue weighted by Gasteiger charge is 2.39. The van der Waals surface area contributed by atoms with E-state index in [1.165, 1.54) is 97.2 Å². The Morgan fingerprint density at radius 2 is 1.09 bits per heavy atom. The zero-order chi connectivity index (χ0) is 35.3. The SMILES string of the molecule is CC1(C)c2cc3ccccc3cc2-c2cccc(N(c3ccc4sc5ccccc5c4c3)c3ccc4ccccc4c3-c3ccc4ccccc4c3)c21. The molecule has 0 saturated heterocycles. The first kappa shape index (κ1) is 30.4. The lowest BCUT2D eigenvalue weighted by Gasteiger charge is -2.34. The maximum Gasteiger partial charge on any atom is 0.0546 e. The van der Waals surface area contributed by atoms with Gasteiger partial charge in [0.15, 0.2) is 0 Å². The van der Waals surface area contributed by atoms with E-state index >= 15 is 0 Å². The molecule has 53 heavy (non-hydrogen) atoms. The number of anilines is 3. The van der Waals surface area contributed by atoms with Crippen LogP contribution in [0.25, 0.3) is 74.7 Å². The Hall–Kier alpha value is -6.22. The molecular weight excluding hydrogens is 659 g/mol. The van der Waals surface area contributed by atoms with E-state index in [1.54, 1.807) is 0 Å². The zero-order valence-corrected chi connectivity index (χ0v) is 30.4. The molecule has 0 spiro atoms. The molecule has 0 N–H and O–H groups in total. The molecule has 11 rings (SSSR count). The van der Waals surface area contributed by atoms with Crippen molar-refractivity contribution in [1.82, 2.24) is 0 Å². The summed E-state index contributed by atoms with van der Waals surface area (Å²) in [6.07, 6.45) is 0. The van der Waals surface area contributed by atoms with Gasteiger partial charge < -0.3 is 4.90 Å². The van der Waals surface area contributed by atoms with Crippen LogP contribution in [0, 0.1) is 0 Å². The molecule has 0 radical (unpaired) electrons. The Morgan fingerprint density at radius 3 is 1.92 bits per heavy atom. The van der Waals surface area contributed by atoms with Gasteiger partial charge in [0, 0.05) is 36.8 Å². The normalized spacial score (nSPS) is 13.2. The van der Waals surface area contributed by atoms with Crippen LogP contribution in [0.4, 0.5) is 17.1 Å². The summed E-state index contributed by atoms with van der Waals surface area (Å²) < 4.78 is 2.62. The second-order valence-corrected chi connectivity index (χ2v) is 16.0. The predicted octanol–water partition coefficient (Wildman–Crippen LogP) is 15.0. The van der Waals surface area contributed by atoms with Crippen molar-refractivity contribution in [2.75, 3.05) is 4.90 Å². The van der Waals surface area contributed by atoms with E-state index in [0.29, 0.717) is 0 Å². The van der Waals surface area contributed by atoms with Crippen LogP contribution in [0.1, 0.15) is 25.0 Å².